The number of rotatable bonds is 2. The Labute approximate surface area is 130 Å². The summed E-state index contributed by atoms with van der Waals surface area (Å²) in [6, 6.07) is 7.52. The van der Waals surface area contributed by atoms with Crippen LogP contribution >= 0.6 is 0 Å². The monoisotopic (exact) mass is 304 g/mol. The average Bonchev–Trinajstić information content (AvgIpc) is 2.76. The average molecular weight is 304 g/mol. The molecule has 2 aromatic rings. The van der Waals surface area contributed by atoms with E-state index in [1.54, 1.807) is 25.2 Å². The first-order valence-corrected chi connectivity index (χ1v) is 7.21. The molecule has 118 valence electrons. The lowest BCUT2D eigenvalue weighted by Gasteiger charge is -2.19. The highest BCUT2D eigenvalue weighted by atomic mass is 16.6. The van der Waals surface area contributed by atoms with Gasteiger partial charge in [-0.15, -0.1) is 0 Å². The maximum atomic E-state index is 12.4. The number of nitrogens with zero attached hydrogens (tertiary/aromatic N) is 2. The predicted molar refractivity (Wildman–Crippen MR) is 86.0 cm³/mol. The van der Waals surface area contributed by atoms with Crippen molar-refractivity contribution in [2.45, 2.75) is 32.8 Å². The number of carbonyl (C=O) groups excluding carboxylic acids is 2. The molecule has 0 atom stereocenters. The van der Waals surface area contributed by atoms with Gasteiger partial charge in [-0.25, -0.2) is 4.79 Å². The van der Waals surface area contributed by atoms with Gasteiger partial charge in [0, 0.05) is 25.7 Å². The zero-order chi connectivity index (χ0) is 16.5. The van der Waals surface area contributed by atoms with Crippen LogP contribution in [0, 0.1) is 0 Å². The van der Waals surface area contributed by atoms with Gasteiger partial charge in [-0.05, 0) is 32.4 Å². The van der Waals surface area contributed by atoms with Crippen LogP contribution < -0.4 is 0 Å². The third-order valence-electron chi connectivity index (χ3n) is 3.23. The summed E-state index contributed by atoms with van der Waals surface area (Å²) < 4.78 is 6.90. The first kappa shape index (κ1) is 16.1. The number of hydrogen-bond donors (Lipinski definition) is 0. The molecule has 2 rings (SSSR count). The van der Waals surface area contributed by atoms with E-state index in [4.69, 9.17) is 4.74 Å². The molecule has 0 bridgehead atoms. The maximum Gasteiger partial charge on any atom is 0.419 e. The summed E-state index contributed by atoms with van der Waals surface area (Å²) in [7, 11) is 3.44. The summed E-state index contributed by atoms with van der Waals surface area (Å²) in [4.78, 5) is 25.9. The lowest BCUT2D eigenvalue weighted by molar-refractivity contribution is -0.127. The zero-order valence-corrected chi connectivity index (χ0v) is 13.7. The minimum atomic E-state index is -0.567. The van der Waals surface area contributed by atoms with Crippen molar-refractivity contribution in [1.82, 2.24) is 9.47 Å². The second-order valence-electron chi connectivity index (χ2n) is 6.49. The molecule has 0 aliphatic carbocycles. The van der Waals surface area contributed by atoms with Gasteiger partial charge >= 0.3 is 6.09 Å². The smallest absolute Gasteiger partial charge is 0.419 e. The normalized spacial score (nSPS) is 11.5. The molecule has 0 fully saturated rings. The molecule has 5 heteroatoms. The van der Waals surface area contributed by atoms with Crippen molar-refractivity contribution in [2.24, 2.45) is 0 Å². The highest BCUT2D eigenvalue weighted by Gasteiger charge is 2.21. The molecule has 22 heavy (non-hydrogen) atoms. The Morgan fingerprint density at radius 1 is 1.18 bits per heavy atom. The van der Waals surface area contributed by atoms with Crippen molar-refractivity contribution in [3.63, 3.8) is 0 Å². The Bertz CT molecular complexity index is 708. The van der Waals surface area contributed by atoms with E-state index in [1.165, 1.54) is 4.57 Å². The minimum absolute atomic E-state index is 0.00732. The Morgan fingerprint density at radius 2 is 1.82 bits per heavy atom. The first-order chi connectivity index (χ1) is 10.2. The summed E-state index contributed by atoms with van der Waals surface area (Å²) in [5.74, 6) is -0.00732. The van der Waals surface area contributed by atoms with Crippen LogP contribution in [0.1, 0.15) is 26.3 Å². The van der Waals surface area contributed by atoms with Gasteiger partial charge in [0.15, 0.2) is 0 Å². The second kappa shape index (κ2) is 5.83. The number of likely N-dealkylation sites (N-methyl/N-ethyl adjacent to an activating group) is 1. The van der Waals surface area contributed by atoms with Crippen LogP contribution in [-0.2, 0) is 16.0 Å². The van der Waals surface area contributed by atoms with Gasteiger partial charge in [0.1, 0.15) is 5.60 Å². The fourth-order valence-electron chi connectivity index (χ4n) is 2.17. The Balaban J connectivity index is 2.44. The summed E-state index contributed by atoms with van der Waals surface area (Å²) in [6.07, 6.45) is 1.51. The molecule has 0 spiro atoms. The largest absolute Gasteiger partial charge is 0.443 e. The SMILES string of the molecule is CC(C)(C)OC(=O)n1cc(CC(=O)N([13CH3])[13CH3])c2ccccc21. The first-order valence-electron chi connectivity index (χ1n) is 7.21. The van der Waals surface area contributed by atoms with Gasteiger partial charge in [0.05, 0.1) is 11.9 Å². The maximum absolute atomic E-state index is 12.4. The molecule has 0 radical (unpaired) electrons. The zero-order valence-electron chi connectivity index (χ0n) is 13.7. The van der Waals surface area contributed by atoms with Gasteiger partial charge < -0.3 is 9.64 Å². The molecule has 1 aromatic heterocycles. The highest BCUT2D eigenvalue weighted by molar-refractivity contribution is 5.94. The molecule has 0 saturated carbocycles. The quantitative estimate of drug-likeness (QED) is 0.801. The summed E-state index contributed by atoms with van der Waals surface area (Å²) in [6.45, 7) is 5.48. The Morgan fingerprint density at radius 3 is 2.41 bits per heavy atom. The summed E-state index contributed by atoms with van der Waals surface area (Å²) in [5.41, 5.74) is 1.00. The van der Waals surface area contributed by atoms with Crippen LogP contribution in [0.15, 0.2) is 30.5 Å². The number of carbonyl (C=O) groups is 2. The molecular weight excluding hydrogens is 282 g/mol. The van der Waals surface area contributed by atoms with Gasteiger partial charge in [-0.3, -0.25) is 9.36 Å². The van der Waals surface area contributed by atoms with Crippen molar-refractivity contribution >= 4 is 22.9 Å². The molecule has 0 unspecified atom stereocenters. The Kier molecular flexibility index (Phi) is 4.26. The van der Waals surface area contributed by atoms with Gasteiger partial charge in [-0.1, -0.05) is 18.2 Å². The number of hydrogen-bond acceptors (Lipinski definition) is 3. The number of amides is 1. The van der Waals surface area contributed by atoms with Crippen LogP contribution in [-0.4, -0.2) is 41.2 Å². The highest BCUT2D eigenvalue weighted by Crippen LogP contribution is 2.23. The predicted octanol–water partition coefficient (Wildman–Crippen LogP) is 3.06. The van der Waals surface area contributed by atoms with Crippen molar-refractivity contribution in [1.29, 1.82) is 0 Å². The second-order valence-corrected chi connectivity index (χ2v) is 6.49. The topological polar surface area (TPSA) is 51.5 Å². The van der Waals surface area contributed by atoms with E-state index in [0.29, 0.717) is 0 Å². The molecule has 5 nitrogen and oxygen atoms in total. The number of ether oxygens (including phenoxy) is 1. The van der Waals surface area contributed by atoms with Crippen molar-refractivity contribution in [3.05, 3.63) is 36.0 Å². The van der Waals surface area contributed by atoms with Crippen LogP contribution in [0.5, 0.6) is 0 Å². The van der Waals surface area contributed by atoms with Gasteiger partial charge in [0.25, 0.3) is 0 Å². The van der Waals surface area contributed by atoms with E-state index in [1.807, 2.05) is 45.0 Å². The third kappa shape index (κ3) is 3.47. The molecule has 1 aromatic carbocycles. The Hall–Kier alpha value is -2.30. The van der Waals surface area contributed by atoms with E-state index in [2.05, 4.69) is 0 Å². The molecular formula is C17H22N2O3. The molecule has 1 amide bonds. The lowest BCUT2D eigenvalue weighted by atomic mass is 10.1. The van der Waals surface area contributed by atoms with E-state index in [-0.39, 0.29) is 12.3 Å². The summed E-state index contributed by atoms with van der Waals surface area (Å²) >= 11 is 0. The van der Waals surface area contributed by atoms with Crippen LogP contribution in [0.4, 0.5) is 4.79 Å². The van der Waals surface area contributed by atoms with E-state index < -0.39 is 11.7 Å². The molecule has 0 N–H and O–H groups in total. The number of aromatic nitrogens is 1. The standard InChI is InChI=1S/C17H22N2O3/c1-17(2,3)22-16(21)19-11-12(10-15(20)18(4)5)13-8-6-7-9-14(13)19/h6-9,11H,10H2,1-5H3/i4+1,5+1. The van der Waals surface area contributed by atoms with Crippen LogP contribution in [0.2, 0.25) is 0 Å². The fourth-order valence-corrected chi connectivity index (χ4v) is 2.17. The van der Waals surface area contributed by atoms with E-state index >= 15 is 0 Å². The van der Waals surface area contributed by atoms with Crippen LogP contribution in [0.25, 0.3) is 10.9 Å². The fraction of sp³-hybridized carbons (Fsp3) is 0.412. The van der Waals surface area contributed by atoms with Crippen LogP contribution in [0.3, 0.4) is 0 Å². The van der Waals surface area contributed by atoms with Gasteiger partial charge in [0.2, 0.25) is 5.91 Å². The molecule has 0 saturated heterocycles. The van der Waals surface area contributed by atoms with Crippen molar-refractivity contribution in [3.8, 4) is 0 Å². The van der Waals surface area contributed by atoms with E-state index in [9.17, 15) is 9.59 Å². The number of benzene rings is 1. The number of fused-ring (bicyclic) bond motifs is 1. The minimum Gasteiger partial charge on any atom is -0.443 e. The molecule has 0 aliphatic heterocycles. The lowest BCUT2D eigenvalue weighted by Crippen LogP contribution is -2.26. The van der Waals surface area contributed by atoms with Gasteiger partial charge in [-0.2, -0.15) is 0 Å². The molecule has 1 heterocycles. The number of para-hydroxylation sites is 1. The van der Waals surface area contributed by atoms with Crippen molar-refractivity contribution < 1.29 is 14.3 Å². The van der Waals surface area contributed by atoms with Crippen molar-refractivity contribution in [2.75, 3.05) is 14.1 Å². The summed E-state index contributed by atoms with van der Waals surface area (Å²) in [5, 5.41) is 0.892. The van der Waals surface area contributed by atoms with E-state index in [0.717, 1.165) is 16.5 Å². The third-order valence-corrected chi connectivity index (χ3v) is 3.23. The molecule has 0 aliphatic rings.